The van der Waals surface area contributed by atoms with Gasteiger partial charge in [-0.25, -0.2) is 4.79 Å². The van der Waals surface area contributed by atoms with Crippen LogP contribution in [-0.4, -0.2) is 5.97 Å². The van der Waals surface area contributed by atoms with Gasteiger partial charge in [-0.15, -0.1) is 0 Å². The minimum absolute atomic E-state index is 0.160. The molecule has 3 heteroatoms. The molecule has 2 aliphatic heterocycles. The van der Waals surface area contributed by atoms with Gasteiger partial charge in [-0.2, -0.15) is 0 Å². The quantitative estimate of drug-likeness (QED) is 0.624. The lowest BCUT2D eigenvalue weighted by Gasteiger charge is -2.38. The van der Waals surface area contributed by atoms with Gasteiger partial charge in [-0.05, 0) is 49.4 Å². The summed E-state index contributed by atoms with van der Waals surface area (Å²) < 4.78 is 12.4. The van der Waals surface area contributed by atoms with Gasteiger partial charge in [-0.3, -0.25) is 0 Å². The van der Waals surface area contributed by atoms with Crippen molar-refractivity contribution in [2.45, 2.75) is 32.8 Å². The average molecular weight is 344 g/mol. The Morgan fingerprint density at radius 2 is 1.62 bits per heavy atom. The summed E-state index contributed by atoms with van der Waals surface area (Å²) in [5, 5.41) is 0. The number of rotatable bonds is 0. The summed E-state index contributed by atoms with van der Waals surface area (Å²) in [5.74, 6) is 1.47. The van der Waals surface area contributed by atoms with Gasteiger partial charge >= 0.3 is 5.97 Å². The molecule has 3 nitrogen and oxygen atoms in total. The van der Waals surface area contributed by atoms with Gasteiger partial charge in [0.25, 0.3) is 0 Å². The number of carbonyl (C=O) groups excluding carboxylic acids is 1. The molecule has 0 N–H and O–H groups in total. The number of fused-ring (bicyclic) bond motifs is 5. The van der Waals surface area contributed by atoms with Crippen molar-refractivity contribution in [2.24, 2.45) is 5.92 Å². The molecular weight excluding hydrogens is 324 g/mol. The van der Waals surface area contributed by atoms with E-state index in [4.69, 9.17) is 9.47 Å². The van der Waals surface area contributed by atoms with E-state index in [1.807, 2.05) is 50.2 Å². The highest BCUT2D eigenvalue weighted by atomic mass is 16.6. The van der Waals surface area contributed by atoms with Crippen LogP contribution in [0.3, 0.4) is 0 Å². The van der Waals surface area contributed by atoms with E-state index in [2.05, 4.69) is 19.1 Å². The largest absolute Gasteiger partial charge is 0.456 e. The van der Waals surface area contributed by atoms with Crippen LogP contribution in [0, 0.1) is 19.8 Å². The normalized spacial score (nSPS) is 21.8. The van der Waals surface area contributed by atoms with E-state index in [1.54, 1.807) is 0 Å². The Labute approximate surface area is 152 Å². The Bertz CT molecular complexity index is 974. The standard InChI is InChI=1S/C23H20O3/c1-13-7-9-16-19(11-13)25-20-12-14(2)8-10-17(20)23(16)18-6-4-5-15(3)21(18)22(24)26-23/h4,6-12,15H,5H2,1-3H3. The zero-order chi connectivity index (χ0) is 18.1. The summed E-state index contributed by atoms with van der Waals surface area (Å²) in [4.78, 5) is 12.9. The molecule has 0 fully saturated rings. The molecule has 3 aliphatic rings. The Balaban J connectivity index is 1.88. The molecule has 0 saturated heterocycles. The maximum Gasteiger partial charge on any atom is 0.336 e. The third-order valence-corrected chi connectivity index (χ3v) is 5.65. The number of aryl methyl sites for hydroxylation is 2. The van der Waals surface area contributed by atoms with Crippen LogP contribution >= 0.6 is 0 Å². The van der Waals surface area contributed by atoms with Crippen molar-refractivity contribution in [3.8, 4) is 11.5 Å². The zero-order valence-electron chi connectivity index (χ0n) is 15.1. The van der Waals surface area contributed by atoms with Gasteiger partial charge in [0.05, 0.1) is 0 Å². The number of hydrogen-bond donors (Lipinski definition) is 0. The fraction of sp³-hybridized carbons (Fsp3) is 0.261. The zero-order valence-corrected chi connectivity index (χ0v) is 15.1. The minimum Gasteiger partial charge on any atom is -0.456 e. The molecule has 1 unspecified atom stereocenters. The summed E-state index contributed by atoms with van der Waals surface area (Å²) in [5.41, 5.74) is 4.87. The predicted octanol–water partition coefficient (Wildman–Crippen LogP) is 5.10. The van der Waals surface area contributed by atoms with Gasteiger partial charge in [0.2, 0.25) is 0 Å². The molecule has 1 atom stereocenters. The van der Waals surface area contributed by atoms with Crippen molar-refractivity contribution in [3.05, 3.63) is 82.0 Å². The number of carbonyl (C=O) groups is 1. The molecule has 130 valence electrons. The van der Waals surface area contributed by atoms with Crippen LogP contribution in [0.5, 0.6) is 11.5 Å². The SMILES string of the molecule is Cc1ccc2c(c1)Oc1cc(C)ccc1C21OC(=O)C2=C1C=CCC2C. The van der Waals surface area contributed by atoms with E-state index in [1.165, 1.54) is 0 Å². The summed E-state index contributed by atoms with van der Waals surface area (Å²) in [6.07, 6.45) is 5.07. The van der Waals surface area contributed by atoms with E-state index in [0.717, 1.165) is 51.3 Å². The Kier molecular flexibility index (Phi) is 3.03. The summed E-state index contributed by atoms with van der Waals surface area (Å²) in [7, 11) is 0. The van der Waals surface area contributed by atoms with Crippen molar-refractivity contribution in [2.75, 3.05) is 0 Å². The molecule has 2 aromatic carbocycles. The molecule has 0 amide bonds. The van der Waals surface area contributed by atoms with Gasteiger partial charge in [-0.1, -0.05) is 43.3 Å². The molecular formula is C23H20O3. The first-order valence-corrected chi connectivity index (χ1v) is 9.05. The lowest BCUT2D eigenvalue weighted by atomic mass is 9.74. The molecule has 5 rings (SSSR count). The van der Waals surface area contributed by atoms with E-state index in [-0.39, 0.29) is 11.9 Å². The van der Waals surface area contributed by atoms with Crippen molar-refractivity contribution in [3.63, 3.8) is 0 Å². The molecule has 0 aromatic heterocycles. The van der Waals surface area contributed by atoms with Crippen LogP contribution in [-0.2, 0) is 15.1 Å². The first kappa shape index (κ1) is 15.4. The van der Waals surface area contributed by atoms with Gasteiger partial charge in [0.1, 0.15) is 11.5 Å². The van der Waals surface area contributed by atoms with Crippen LogP contribution in [0.4, 0.5) is 0 Å². The van der Waals surface area contributed by atoms with Gasteiger partial charge in [0.15, 0.2) is 5.60 Å². The summed E-state index contributed by atoms with van der Waals surface area (Å²) >= 11 is 0. The van der Waals surface area contributed by atoms with E-state index in [9.17, 15) is 4.79 Å². The topological polar surface area (TPSA) is 35.5 Å². The Morgan fingerprint density at radius 1 is 1.00 bits per heavy atom. The van der Waals surface area contributed by atoms with Crippen molar-refractivity contribution in [1.29, 1.82) is 0 Å². The number of allylic oxidation sites excluding steroid dienone is 1. The number of hydrogen-bond acceptors (Lipinski definition) is 3. The maximum absolute atomic E-state index is 12.9. The molecule has 1 spiro atoms. The third-order valence-electron chi connectivity index (χ3n) is 5.65. The molecule has 0 radical (unpaired) electrons. The van der Waals surface area contributed by atoms with Gasteiger partial charge in [0, 0.05) is 22.3 Å². The molecule has 0 saturated carbocycles. The average Bonchev–Trinajstić information content (AvgIpc) is 2.89. The van der Waals surface area contributed by atoms with E-state index in [0.29, 0.717) is 0 Å². The first-order chi connectivity index (χ1) is 12.5. The summed E-state index contributed by atoms with van der Waals surface area (Å²) in [6.45, 7) is 6.16. The number of benzene rings is 2. The third kappa shape index (κ3) is 1.86. The number of esters is 1. The highest BCUT2D eigenvalue weighted by Gasteiger charge is 2.55. The van der Waals surface area contributed by atoms with Gasteiger partial charge < -0.3 is 9.47 Å². The predicted molar refractivity (Wildman–Crippen MR) is 99.3 cm³/mol. The number of ether oxygens (including phenoxy) is 2. The van der Waals surface area contributed by atoms with E-state index < -0.39 is 5.60 Å². The van der Waals surface area contributed by atoms with Crippen LogP contribution in [0.1, 0.15) is 35.6 Å². The Morgan fingerprint density at radius 3 is 2.23 bits per heavy atom. The van der Waals surface area contributed by atoms with Crippen LogP contribution in [0.25, 0.3) is 0 Å². The fourth-order valence-electron chi connectivity index (χ4n) is 4.40. The first-order valence-electron chi connectivity index (χ1n) is 9.05. The molecule has 2 heterocycles. The van der Waals surface area contributed by atoms with Crippen LogP contribution in [0.2, 0.25) is 0 Å². The molecule has 26 heavy (non-hydrogen) atoms. The Hall–Kier alpha value is -2.81. The molecule has 0 bridgehead atoms. The lowest BCUT2D eigenvalue weighted by Crippen LogP contribution is -2.34. The van der Waals surface area contributed by atoms with E-state index >= 15 is 0 Å². The molecule has 1 aliphatic carbocycles. The second kappa shape index (κ2) is 5.10. The maximum atomic E-state index is 12.9. The monoisotopic (exact) mass is 344 g/mol. The highest BCUT2D eigenvalue weighted by Crippen LogP contribution is 2.58. The second-order valence-electron chi connectivity index (χ2n) is 7.54. The van der Waals surface area contributed by atoms with Crippen LogP contribution in [0.15, 0.2) is 59.7 Å². The smallest absolute Gasteiger partial charge is 0.336 e. The summed E-state index contributed by atoms with van der Waals surface area (Å²) in [6, 6.07) is 12.2. The molecule has 2 aromatic rings. The minimum atomic E-state index is -0.915. The highest BCUT2D eigenvalue weighted by molar-refractivity contribution is 5.96. The van der Waals surface area contributed by atoms with Crippen molar-refractivity contribution < 1.29 is 14.3 Å². The second-order valence-corrected chi connectivity index (χ2v) is 7.54. The fourth-order valence-corrected chi connectivity index (χ4v) is 4.40. The van der Waals surface area contributed by atoms with Crippen molar-refractivity contribution in [1.82, 2.24) is 0 Å². The lowest BCUT2D eigenvalue weighted by molar-refractivity contribution is -0.145. The van der Waals surface area contributed by atoms with Crippen LogP contribution < -0.4 is 4.74 Å². The van der Waals surface area contributed by atoms with Crippen molar-refractivity contribution >= 4 is 5.97 Å².